The highest BCUT2D eigenvalue weighted by atomic mass is 16.3. The van der Waals surface area contributed by atoms with Gasteiger partial charge >= 0.3 is 0 Å². The Morgan fingerprint density at radius 2 is 1.61 bits per heavy atom. The molecule has 31 heavy (non-hydrogen) atoms. The van der Waals surface area contributed by atoms with E-state index in [2.05, 4.69) is 10.2 Å². The maximum absolute atomic E-state index is 13.4. The number of hydrogen-bond donors (Lipinski definition) is 1. The minimum Gasteiger partial charge on any atom is -0.464 e. The highest BCUT2D eigenvalue weighted by Crippen LogP contribution is 2.30. The molecule has 3 aromatic rings. The molecule has 6 nitrogen and oxygen atoms in total. The van der Waals surface area contributed by atoms with Gasteiger partial charge < -0.3 is 19.5 Å². The van der Waals surface area contributed by atoms with Gasteiger partial charge in [-0.2, -0.15) is 0 Å². The summed E-state index contributed by atoms with van der Waals surface area (Å²) in [5.41, 5.74) is 2.71. The Bertz CT molecular complexity index is 1070. The van der Waals surface area contributed by atoms with Crippen molar-refractivity contribution in [2.24, 2.45) is 0 Å². The SMILES string of the molecule is O=C(Nc1ccc(-c2occc2C(=O)N2CCN3CCC2CC3)cc1)c1ccccc1. The molecule has 1 aromatic heterocycles. The van der Waals surface area contributed by atoms with Crippen molar-refractivity contribution in [1.82, 2.24) is 9.80 Å². The standard InChI is InChI=1S/C25H25N3O3/c29-24(19-4-2-1-3-5-19)26-20-8-6-18(7-9-20)23-22(12-17-31-23)25(30)28-16-15-27-13-10-21(28)11-14-27/h1-9,12,17,21H,10-11,13-16H2,(H,26,29). The van der Waals surface area contributed by atoms with Crippen LogP contribution in [0.4, 0.5) is 5.69 Å². The van der Waals surface area contributed by atoms with Crippen molar-refractivity contribution in [2.75, 3.05) is 31.5 Å². The molecule has 6 rings (SSSR count). The Hall–Kier alpha value is -3.38. The smallest absolute Gasteiger partial charge is 0.258 e. The Kier molecular flexibility index (Phi) is 5.30. The van der Waals surface area contributed by atoms with Crippen LogP contribution in [0.2, 0.25) is 0 Å². The molecule has 3 aliphatic rings. The fraction of sp³-hybridized carbons (Fsp3) is 0.280. The largest absolute Gasteiger partial charge is 0.464 e. The first kappa shape index (κ1) is 19.6. The minimum absolute atomic E-state index is 0.0407. The molecule has 0 atom stereocenters. The number of anilines is 1. The second-order valence-corrected chi connectivity index (χ2v) is 8.13. The van der Waals surface area contributed by atoms with Crippen molar-refractivity contribution in [1.29, 1.82) is 0 Å². The van der Waals surface area contributed by atoms with Crippen molar-refractivity contribution in [3.63, 3.8) is 0 Å². The van der Waals surface area contributed by atoms with Gasteiger partial charge in [-0.05, 0) is 55.3 Å². The molecule has 0 saturated carbocycles. The summed E-state index contributed by atoms with van der Waals surface area (Å²) < 4.78 is 5.72. The lowest BCUT2D eigenvalue weighted by atomic mass is 10.0. The lowest BCUT2D eigenvalue weighted by Gasteiger charge is -2.31. The van der Waals surface area contributed by atoms with Crippen LogP contribution in [0, 0.1) is 0 Å². The maximum Gasteiger partial charge on any atom is 0.258 e. The lowest BCUT2D eigenvalue weighted by Crippen LogP contribution is -2.41. The number of furan rings is 1. The molecule has 0 radical (unpaired) electrons. The van der Waals surface area contributed by atoms with Crippen LogP contribution in [-0.4, -0.2) is 53.8 Å². The number of fused-ring (bicyclic) bond motifs is 4. The minimum atomic E-state index is -0.158. The second kappa shape index (κ2) is 8.40. The number of hydrogen-bond acceptors (Lipinski definition) is 4. The molecule has 2 amide bonds. The summed E-state index contributed by atoms with van der Waals surface area (Å²) in [6, 6.07) is 18.6. The Morgan fingerprint density at radius 3 is 2.35 bits per heavy atom. The van der Waals surface area contributed by atoms with E-state index in [4.69, 9.17) is 4.42 Å². The van der Waals surface area contributed by atoms with E-state index < -0.39 is 0 Å². The van der Waals surface area contributed by atoms with Crippen molar-refractivity contribution in [2.45, 2.75) is 18.9 Å². The van der Waals surface area contributed by atoms with E-state index in [0.717, 1.165) is 44.6 Å². The number of nitrogens with one attached hydrogen (secondary N) is 1. The van der Waals surface area contributed by atoms with Gasteiger partial charge in [-0.3, -0.25) is 9.59 Å². The molecule has 3 fully saturated rings. The summed E-state index contributed by atoms with van der Waals surface area (Å²) in [6.07, 6.45) is 3.65. The first-order valence-electron chi connectivity index (χ1n) is 10.8. The first-order valence-corrected chi connectivity index (χ1v) is 10.8. The zero-order valence-electron chi connectivity index (χ0n) is 17.3. The number of carbonyl (C=O) groups is 2. The number of rotatable bonds is 4. The van der Waals surface area contributed by atoms with Gasteiger partial charge in [0.2, 0.25) is 0 Å². The molecule has 2 aromatic carbocycles. The summed E-state index contributed by atoms with van der Waals surface area (Å²) in [7, 11) is 0. The fourth-order valence-corrected chi connectivity index (χ4v) is 4.51. The highest BCUT2D eigenvalue weighted by molar-refractivity contribution is 6.04. The normalized spacial score (nSPS) is 20.3. The molecule has 4 heterocycles. The number of nitrogens with zero attached hydrogens (tertiary/aromatic N) is 2. The summed E-state index contributed by atoms with van der Waals surface area (Å²) in [6.45, 7) is 3.84. The van der Waals surface area contributed by atoms with E-state index in [1.807, 2.05) is 47.4 Å². The molecule has 0 unspecified atom stereocenters. The molecule has 0 aliphatic carbocycles. The zero-order chi connectivity index (χ0) is 21.2. The van der Waals surface area contributed by atoms with Crippen molar-refractivity contribution in [3.05, 3.63) is 78.1 Å². The number of carbonyl (C=O) groups excluding carboxylic acids is 2. The van der Waals surface area contributed by atoms with E-state index in [-0.39, 0.29) is 11.8 Å². The van der Waals surface area contributed by atoms with Crippen molar-refractivity contribution >= 4 is 17.5 Å². The predicted octanol–water partition coefficient (Wildman–Crippen LogP) is 4.12. The van der Waals surface area contributed by atoms with Crippen LogP contribution in [-0.2, 0) is 0 Å². The fourth-order valence-electron chi connectivity index (χ4n) is 4.51. The third kappa shape index (κ3) is 3.99. The number of amides is 2. The third-order valence-electron chi connectivity index (χ3n) is 6.25. The summed E-state index contributed by atoms with van der Waals surface area (Å²) in [5, 5.41) is 2.90. The average Bonchev–Trinajstić information content (AvgIpc) is 3.11. The van der Waals surface area contributed by atoms with Crippen LogP contribution in [0.5, 0.6) is 0 Å². The van der Waals surface area contributed by atoms with Gasteiger partial charge in [-0.1, -0.05) is 18.2 Å². The Morgan fingerprint density at radius 1 is 0.871 bits per heavy atom. The quantitative estimate of drug-likeness (QED) is 0.696. The zero-order valence-corrected chi connectivity index (χ0v) is 17.3. The number of benzene rings is 2. The van der Waals surface area contributed by atoms with Crippen molar-refractivity contribution < 1.29 is 14.0 Å². The predicted molar refractivity (Wildman–Crippen MR) is 119 cm³/mol. The van der Waals surface area contributed by atoms with E-state index in [9.17, 15) is 9.59 Å². The molecule has 3 aliphatic heterocycles. The Labute approximate surface area is 181 Å². The van der Waals surface area contributed by atoms with Gasteiger partial charge in [0.15, 0.2) is 0 Å². The topological polar surface area (TPSA) is 65.8 Å². The van der Waals surface area contributed by atoms with E-state index in [1.165, 1.54) is 0 Å². The second-order valence-electron chi connectivity index (χ2n) is 8.13. The van der Waals surface area contributed by atoms with Crippen LogP contribution in [0.1, 0.15) is 33.6 Å². The van der Waals surface area contributed by atoms with Crippen LogP contribution in [0.3, 0.4) is 0 Å². The molecule has 6 heteroatoms. The van der Waals surface area contributed by atoms with Crippen LogP contribution in [0.25, 0.3) is 11.3 Å². The molecule has 2 bridgehead atoms. The molecule has 3 saturated heterocycles. The molecular formula is C25H25N3O3. The maximum atomic E-state index is 13.4. The van der Waals surface area contributed by atoms with Gasteiger partial charge in [-0.25, -0.2) is 0 Å². The van der Waals surface area contributed by atoms with E-state index >= 15 is 0 Å². The van der Waals surface area contributed by atoms with Gasteiger partial charge in [0.05, 0.1) is 11.8 Å². The van der Waals surface area contributed by atoms with Crippen LogP contribution in [0.15, 0.2) is 71.3 Å². The molecule has 0 spiro atoms. The average molecular weight is 415 g/mol. The summed E-state index contributed by atoms with van der Waals surface area (Å²) in [5.74, 6) is 0.456. The van der Waals surface area contributed by atoms with Gasteiger partial charge in [-0.15, -0.1) is 0 Å². The molecular weight excluding hydrogens is 390 g/mol. The van der Waals surface area contributed by atoms with Gasteiger partial charge in [0.25, 0.3) is 11.8 Å². The van der Waals surface area contributed by atoms with Crippen LogP contribution < -0.4 is 5.32 Å². The lowest BCUT2D eigenvalue weighted by molar-refractivity contribution is 0.0685. The Balaban J connectivity index is 1.33. The monoisotopic (exact) mass is 415 g/mol. The van der Waals surface area contributed by atoms with Gasteiger partial charge in [0, 0.05) is 49.0 Å². The first-order chi connectivity index (χ1) is 15.2. The van der Waals surface area contributed by atoms with Crippen molar-refractivity contribution in [3.8, 4) is 11.3 Å². The number of piperidine rings is 1. The van der Waals surface area contributed by atoms with E-state index in [1.54, 1.807) is 24.5 Å². The van der Waals surface area contributed by atoms with Gasteiger partial charge in [0.1, 0.15) is 5.76 Å². The third-order valence-corrected chi connectivity index (χ3v) is 6.25. The van der Waals surface area contributed by atoms with Crippen LogP contribution >= 0.6 is 0 Å². The summed E-state index contributed by atoms with van der Waals surface area (Å²) in [4.78, 5) is 30.2. The molecule has 158 valence electrons. The highest BCUT2D eigenvalue weighted by Gasteiger charge is 2.33. The van der Waals surface area contributed by atoms with E-state index in [0.29, 0.717) is 28.6 Å². The summed E-state index contributed by atoms with van der Waals surface area (Å²) >= 11 is 0. The molecule has 1 N–H and O–H groups in total.